The van der Waals surface area contributed by atoms with Crippen molar-refractivity contribution >= 4 is 17.3 Å². The Bertz CT molecular complexity index is 845. The summed E-state index contributed by atoms with van der Waals surface area (Å²) in [7, 11) is 0. The van der Waals surface area contributed by atoms with Gasteiger partial charge in [-0.15, -0.1) is 11.3 Å². The van der Waals surface area contributed by atoms with Gasteiger partial charge in [-0.05, 0) is 19.4 Å². The number of nitrogens with zero attached hydrogens (tertiary/aromatic N) is 2. The van der Waals surface area contributed by atoms with E-state index < -0.39 is 6.61 Å². The first kappa shape index (κ1) is 21.1. The second-order valence-corrected chi connectivity index (χ2v) is 7.34. The topological polar surface area (TPSA) is 77.0 Å². The average molecular weight is 426 g/mol. The smallest absolute Gasteiger partial charge is 0.387 e. The molecule has 1 aromatic heterocycles. The quantitative estimate of drug-likeness (QED) is 0.473. The molecule has 0 bridgehead atoms. The molecule has 0 saturated heterocycles. The Hall–Kier alpha value is -2.62. The van der Waals surface area contributed by atoms with Crippen LogP contribution in [-0.4, -0.2) is 37.4 Å². The number of alkyl halides is 2. The van der Waals surface area contributed by atoms with Crippen LogP contribution in [0.5, 0.6) is 17.2 Å². The molecule has 1 aliphatic heterocycles. The van der Waals surface area contributed by atoms with Gasteiger partial charge in [0, 0.05) is 42.2 Å². The van der Waals surface area contributed by atoms with Gasteiger partial charge in [0.2, 0.25) is 6.79 Å². The number of hydrogen-bond donors (Lipinski definition) is 2. The van der Waals surface area contributed by atoms with E-state index in [2.05, 4.69) is 32.3 Å². The number of hydrogen-bond acceptors (Lipinski definition) is 6. The largest absolute Gasteiger partial charge is 0.454 e. The zero-order valence-electron chi connectivity index (χ0n) is 16.3. The SMILES string of the molecule is CCNC(=NCc1cc2c(cc1OC(F)F)OCO2)NCCc1ncc(CC)s1. The van der Waals surface area contributed by atoms with Crippen LogP contribution in [0.4, 0.5) is 8.78 Å². The highest BCUT2D eigenvalue weighted by Gasteiger charge is 2.20. The van der Waals surface area contributed by atoms with Crippen molar-refractivity contribution in [2.24, 2.45) is 4.99 Å². The molecule has 0 saturated carbocycles. The number of thiazole rings is 1. The standard InChI is InChI=1S/C19H24F2N4O3S/c1-3-13-10-24-17(29-13)5-6-23-19(22-4-2)25-9-12-7-15-16(27-11-26-15)8-14(12)28-18(20)21/h7-8,10,18H,3-6,9,11H2,1-2H3,(H2,22,23,25). The van der Waals surface area contributed by atoms with Crippen LogP contribution >= 0.6 is 11.3 Å². The highest BCUT2D eigenvalue weighted by Crippen LogP contribution is 2.39. The summed E-state index contributed by atoms with van der Waals surface area (Å²) in [5, 5.41) is 7.45. The molecule has 7 nitrogen and oxygen atoms in total. The minimum absolute atomic E-state index is 0.0266. The van der Waals surface area contributed by atoms with Gasteiger partial charge in [0.05, 0.1) is 11.6 Å². The third-order valence-corrected chi connectivity index (χ3v) is 5.31. The number of ether oxygens (including phenoxy) is 3. The van der Waals surface area contributed by atoms with Crippen molar-refractivity contribution in [3.05, 3.63) is 33.8 Å². The lowest BCUT2D eigenvalue weighted by molar-refractivity contribution is -0.0505. The molecule has 29 heavy (non-hydrogen) atoms. The normalized spacial score (nSPS) is 13.1. The molecule has 0 atom stereocenters. The number of rotatable bonds is 9. The maximum absolute atomic E-state index is 12.8. The maximum Gasteiger partial charge on any atom is 0.387 e. The second-order valence-electron chi connectivity index (χ2n) is 6.14. The summed E-state index contributed by atoms with van der Waals surface area (Å²) >= 11 is 1.70. The van der Waals surface area contributed by atoms with E-state index in [1.807, 2.05) is 13.1 Å². The summed E-state index contributed by atoms with van der Waals surface area (Å²) in [5.41, 5.74) is 0.485. The van der Waals surface area contributed by atoms with Crippen LogP contribution in [0.2, 0.25) is 0 Å². The van der Waals surface area contributed by atoms with Gasteiger partial charge in [-0.2, -0.15) is 8.78 Å². The Balaban J connectivity index is 1.65. The molecule has 0 radical (unpaired) electrons. The Morgan fingerprint density at radius 2 is 2.07 bits per heavy atom. The summed E-state index contributed by atoms with van der Waals surface area (Å²) in [4.78, 5) is 10.1. The summed E-state index contributed by atoms with van der Waals surface area (Å²) in [6.45, 7) is 2.65. The highest BCUT2D eigenvalue weighted by molar-refractivity contribution is 7.11. The fraction of sp³-hybridized carbons (Fsp3) is 0.474. The number of benzene rings is 1. The minimum atomic E-state index is -2.93. The van der Waals surface area contributed by atoms with Crippen LogP contribution in [0, 0.1) is 0 Å². The minimum Gasteiger partial charge on any atom is -0.454 e. The number of aromatic nitrogens is 1. The van der Waals surface area contributed by atoms with Crippen molar-refractivity contribution in [2.75, 3.05) is 19.9 Å². The number of fused-ring (bicyclic) bond motifs is 1. The van der Waals surface area contributed by atoms with Crippen LogP contribution in [-0.2, 0) is 19.4 Å². The van der Waals surface area contributed by atoms with Crippen LogP contribution in [0.25, 0.3) is 0 Å². The van der Waals surface area contributed by atoms with Crippen molar-refractivity contribution in [2.45, 2.75) is 39.8 Å². The molecule has 0 fully saturated rings. The molecule has 0 aliphatic carbocycles. The molecule has 0 unspecified atom stereocenters. The lowest BCUT2D eigenvalue weighted by Crippen LogP contribution is -2.38. The van der Waals surface area contributed by atoms with E-state index in [0.29, 0.717) is 36.1 Å². The average Bonchev–Trinajstić information content (AvgIpc) is 3.34. The van der Waals surface area contributed by atoms with Gasteiger partial charge in [0.25, 0.3) is 0 Å². The maximum atomic E-state index is 12.8. The molecule has 2 heterocycles. The van der Waals surface area contributed by atoms with Gasteiger partial charge in [-0.3, -0.25) is 0 Å². The van der Waals surface area contributed by atoms with Crippen LogP contribution in [0.3, 0.4) is 0 Å². The van der Waals surface area contributed by atoms with Gasteiger partial charge >= 0.3 is 6.61 Å². The lowest BCUT2D eigenvalue weighted by atomic mass is 10.1. The molecule has 1 aromatic carbocycles. The summed E-state index contributed by atoms with van der Waals surface area (Å²) in [6.07, 6.45) is 3.66. The fourth-order valence-corrected chi connectivity index (χ4v) is 3.58. The lowest BCUT2D eigenvalue weighted by Gasteiger charge is -2.13. The van der Waals surface area contributed by atoms with E-state index in [1.54, 1.807) is 17.4 Å². The number of halogens is 2. The fourth-order valence-electron chi connectivity index (χ4n) is 2.72. The number of aryl methyl sites for hydroxylation is 1. The molecule has 0 spiro atoms. The molecule has 1 aliphatic rings. The van der Waals surface area contributed by atoms with Gasteiger partial charge in [-0.25, -0.2) is 9.98 Å². The van der Waals surface area contributed by atoms with Crippen molar-refractivity contribution < 1.29 is 23.0 Å². The zero-order chi connectivity index (χ0) is 20.6. The molecule has 10 heteroatoms. The number of guanidine groups is 1. The van der Waals surface area contributed by atoms with Crippen molar-refractivity contribution in [3.63, 3.8) is 0 Å². The summed E-state index contributed by atoms with van der Waals surface area (Å²) in [5.74, 6) is 1.48. The zero-order valence-corrected chi connectivity index (χ0v) is 17.2. The van der Waals surface area contributed by atoms with Crippen molar-refractivity contribution in [1.29, 1.82) is 0 Å². The summed E-state index contributed by atoms with van der Waals surface area (Å²) in [6, 6.07) is 3.03. The molecular formula is C19H24F2N4O3S. The van der Waals surface area contributed by atoms with Gasteiger partial charge in [-0.1, -0.05) is 6.92 Å². The van der Waals surface area contributed by atoms with E-state index in [1.165, 1.54) is 10.9 Å². The van der Waals surface area contributed by atoms with Gasteiger partial charge in [0.15, 0.2) is 17.5 Å². The Morgan fingerprint density at radius 3 is 2.76 bits per heavy atom. The van der Waals surface area contributed by atoms with Gasteiger partial charge < -0.3 is 24.8 Å². The predicted molar refractivity (Wildman–Crippen MR) is 107 cm³/mol. The first-order valence-corrected chi connectivity index (χ1v) is 10.2. The third kappa shape index (κ3) is 5.93. The first-order valence-electron chi connectivity index (χ1n) is 9.42. The molecule has 158 valence electrons. The van der Waals surface area contributed by atoms with E-state index in [0.717, 1.165) is 17.8 Å². The molecule has 2 N–H and O–H groups in total. The Morgan fingerprint density at radius 1 is 1.28 bits per heavy atom. The number of aliphatic imine (C=N–C) groups is 1. The van der Waals surface area contributed by atoms with E-state index >= 15 is 0 Å². The summed E-state index contributed by atoms with van der Waals surface area (Å²) < 4.78 is 40.7. The third-order valence-electron chi connectivity index (χ3n) is 4.10. The van der Waals surface area contributed by atoms with Gasteiger partial charge in [0.1, 0.15) is 5.75 Å². The van der Waals surface area contributed by atoms with Crippen LogP contribution in [0.1, 0.15) is 29.3 Å². The van der Waals surface area contributed by atoms with Crippen molar-refractivity contribution in [3.8, 4) is 17.2 Å². The van der Waals surface area contributed by atoms with E-state index in [-0.39, 0.29) is 19.1 Å². The molecule has 2 aromatic rings. The van der Waals surface area contributed by atoms with E-state index in [4.69, 9.17) is 9.47 Å². The van der Waals surface area contributed by atoms with Crippen LogP contribution in [0.15, 0.2) is 23.3 Å². The monoisotopic (exact) mass is 426 g/mol. The molecule has 0 amide bonds. The Labute approximate surface area is 172 Å². The molecular weight excluding hydrogens is 402 g/mol. The first-order chi connectivity index (χ1) is 14.1. The number of nitrogens with one attached hydrogen (secondary N) is 2. The van der Waals surface area contributed by atoms with Crippen molar-refractivity contribution in [1.82, 2.24) is 15.6 Å². The van der Waals surface area contributed by atoms with Crippen LogP contribution < -0.4 is 24.8 Å². The van der Waals surface area contributed by atoms with E-state index in [9.17, 15) is 8.78 Å². The molecule has 3 rings (SSSR count). The highest BCUT2D eigenvalue weighted by atomic mass is 32.1. The Kier molecular flexibility index (Phi) is 7.45. The second kappa shape index (κ2) is 10.2. The predicted octanol–water partition coefficient (Wildman–Crippen LogP) is 3.33.